The molecule has 7 N–H and O–H groups in total. The van der Waals surface area contributed by atoms with E-state index in [-0.39, 0.29) is 6.61 Å². The molecule has 0 heterocycles. The largest absolute Gasteiger partial charge is 0.398 e. The predicted octanol–water partition coefficient (Wildman–Crippen LogP) is -0.107. The molecule has 1 aromatic carbocycles. The van der Waals surface area contributed by atoms with Crippen molar-refractivity contribution in [1.82, 2.24) is 0 Å². The van der Waals surface area contributed by atoms with E-state index < -0.39 is 10.4 Å². The number of anilines is 2. The monoisotopic (exact) mass is 307 g/mol. The third-order valence-corrected chi connectivity index (χ3v) is 2.46. The number of aliphatic hydroxyl groups excluding tert-OH is 1. The van der Waals surface area contributed by atoms with E-state index >= 15 is 0 Å². The first-order chi connectivity index (χ1) is 9.22. The van der Waals surface area contributed by atoms with Crippen molar-refractivity contribution in [2.45, 2.75) is 13.5 Å². The van der Waals surface area contributed by atoms with E-state index in [2.05, 4.69) is 4.90 Å². The molecule has 0 saturated heterocycles. The van der Waals surface area contributed by atoms with Crippen LogP contribution in [0.3, 0.4) is 0 Å². The van der Waals surface area contributed by atoms with Crippen molar-refractivity contribution in [1.29, 1.82) is 0 Å². The fourth-order valence-corrected chi connectivity index (χ4v) is 1.56. The number of hydrogen-bond donors (Lipinski definition) is 5. The Balaban J connectivity index is 0.000000621. The summed E-state index contributed by atoms with van der Waals surface area (Å²) in [6.45, 7) is 4.12. The third-order valence-electron chi connectivity index (χ3n) is 2.46. The maximum Gasteiger partial charge on any atom is 0.394 e. The minimum absolute atomic E-state index is 0.149. The van der Waals surface area contributed by atoms with Gasteiger partial charge in [0.2, 0.25) is 0 Å². The van der Waals surface area contributed by atoms with Crippen LogP contribution in [0, 0.1) is 0 Å². The van der Waals surface area contributed by atoms with Crippen molar-refractivity contribution in [3.8, 4) is 0 Å². The Morgan fingerprint density at radius 3 is 2.25 bits per heavy atom. The lowest BCUT2D eigenvalue weighted by Crippen LogP contribution is -2.26. The first-order valence-electron chi connectivity index (χ1n) is 5.87. The van der Waals surface area contributed by atoms with Crippen LogP contribution in [0.1, 0.15) is 12.5 Å². The van der Waals surface area contributed by atoms with Gasteiger partial charge in [-0.2, -0.15) is 8.42 Å². The smallest absolute Gasteiger partial charge is 0.394 e. The zero-order valence-electron chi connectivity index (χ0n) is 11.2. The van der Waals surface area contributed by atoms with Crippen molar-refractivity contribution < 1.29 is 22.6 Å². The summed E-state index contributed by atoms with van der Waals surface area (Å²) in [7, 11) is -4.67. The lowest BCUT2D eigenvalue weighted by molar-refractivity contribution is 0.302. The van der Waals surface area contributed by atoms with Crippen molar-refractivity contribution >= 4 is 21.8 Å². The van der Waals surface area contributed by atoms with Crippen LogP contribution >= 0.6 is 0 Å². The molecule has 0 aromatic heterocycles. The Hall–Kier alpha value is -1.39. The molecular weight excluding hydrogens is 286 g/mol. The van der Waals surface area contributed by atoms with E-state index in [0.29, 0.717) is 13.1 Å². The second-order valence-corrected chi connectivity index (χ2v) is 4.73. The molecule has 0 aliphatic carbocycles. The van der Waals surface area contributed by atoms with E-state index in [4.69, 9.17) is 34.1 Å². The molecule has 0 bridgehead atoms. The molecule has 0 spiro atoms. The fraction of sp³-hybridized carbons (Fsp3) is 0.455. The maximum atomic E-state index is 8.92. The Morgan fingerprint density at radius 1 is 1.30 bits per heavy atom. The first kappa shape index (κ1) is 18.6. The SMILES string of the molecule is CCN(CCO)c1ccc(N)c(CN)c1.O=S(=O)(O)O. The van der Waals surface area contributed by atoms with Gasteiger partial charge < -0.3 is 21.5 Å². The van der Waals surface area contributed by atoms with Crippen molar-refractivity contribution in [3.05, 3.63) is 23.8 Å². The molecule has 1 rings (SSSR count). The summed E-state index contributed by atoms with van der Waals surface area (Å²) in [5.74, 6) is 0. The second-order valence-electron chi connectivity index (χ2n) is 3.84. The molecule has 0 unspecified atom stereocenters. The van der Waals surface area contributed by atoms with E-state index in [9.17, 15) is 0 Å². The lowest BCUT2D eigenvalue weighted by atomic mass is 10.1. The molecule has 1 aromatic rings. The summed E-state index contributed by atoms with van der Waals surface area (Å²) in [6.07, 6.45) is 0. The van der Waals surface area contributed by atoms with Gasteiger partial charge in [0.05, 0.1) is 6.61 Å². The number of benzene rings is 1. The topological polar surface area (TPSA) is 150 Å². The summed E-state index contributed by atoms with van der Waals surface area (Å²) >= 11 is 0. The standard InChI is InChI=1S/C11H19N3O.H2O4S/c1-2-14(5-6-15)10-3-4-11(13)9(7-10)8-12;1-5(2,3)4/h3-4,7,15H,2,5-6,8,12-13H2,1H3;(H2,1,2,3,4). The Kier molecular flexibility index (Phi) is 8.11. The molecule has 20 heavy (non-hydrogen) atoms. The molecule has 0 amide bonds. The van der Waals surface area contributed by atoms with Gasteiger partial charge in [0.1, 0.15) is 0 Å². The van der Waals surface area contributed by atoms with Crippen LogP contribution in [0.15, 0.2) is 18.2 Å². The molecule has 0 aliphatic rings. The molecule has 0 saturated carbocycles. The second kappa shape index (κ2) is 8.72. The number of nitrogens with zero attached hydrogens (tertiary/aromatic N) is 1. The molecule has 116 valence electrons. The molecule has 8 nitrogen and oxygen atoms in total. The van der Waals surface area contributed by atoms with Crippen molar-refractivity contribution in [3.63, 3.8) is 0 Å². The highest BCUT2D eigenvalue weighted by molar-refractivity contribution is 7.79. The van der Waals surface area contributed by atoms with Crippen LogP contribution in [0.25, 0.3) is 0 Å². The molecular formula is C11H21N3O5S. The zero-order valence-corrected chi connectivity index (χ0v) is 12.0. The fourth-order valence-electron chi connectivity index (χ4n) is 1.56. The van der Waals surface area contributed by atoms with E-state index in [1.165, 1.54) is 0 Å². The molecule has 0 fully saturated rings. The Morgan fingerprint density at radius 2 is 1.85 bits per heavy atom. The van der Waals surface area contributed by atoms with Gasteiger partial charge in [0.25, 0.3) is 0 Å². The number of rotatable bonds is 5. The van der Waals surface area contributed by atoms with Crippen LogP contribution in [-0.2, 0) is 16.9 Å². The minimum atomic E-state index is -4.67. The highest BCUT2D eigenvalue weighted by Gasteiger charge is 2.05. The lowest BCUT2D eigenvalue weighted by Gasteiger charge is -2.22. The van der Waals surface area contributed by atoms with E-state index in [1.807, 2.05) is 25.1 Å². The third kappa shape index (κ3) is 7.92. The number of nitrogen functional groups attached to an aromatic ring is 1. The highest BCUT2D eigenvalue weighted by Crippen LogP contribution is 2.20. The quantitative estimate of drug-likeness (QED) is 0.373. The average molecular weight is 307 g/mol. The molecule has 0 aliphatic heterocycles. The van der Waals surface area contributed by atoms with Gasteiger partial charge in [-0.3, -0.25) is 9.11 Å². The van der Waals surface area contributed by atoms with Gasteiger partial charge in [-0.15, -0.1) is 0 Å². The average Bonchev–Trinajstić information content (AvgIpc) is 2.35. The summed E-state index contributed by atoms with van der Waals surface area (Å²) < 4.78 is 31.6. The summed E-state index contributed by atoms with van der Waals surface area (Å²) in [4.78, 5) is 2.08. The summed E-state index contributed by atoms with van der Waals surface area (Å²) in [6, 6.07) is 5.79. The first-order valence-corrected chi connectivity index (χ1v) is 7.26. The van der Waals surface area contributed by atoms with E-state index in [0.717, 1.165) is 23.5 Å². The number of likely N-dealkylation sites (N-methyl/N-ethyl adjacent to an activating group) is 1. The number of nitrogens with two attached hydrogens (primary N) is 2. The van der Waals surface area contributed by atoms with Gasteiger partial charge in [0.15, 0.2) is 0 Å². The Labute approximate surface area is 118 Å². The van der Waals surface area contributed by atoms with Crippen LogP contribution in [0.5, 0.6) is 0 Å². The predicted molar refractivity (Wildman–Crippen MR) is 77.9 cm³/mol. The zero-order chi connectivity index (χ0) is 15.8. The van der Waals surface area contributed by atoms with Crippen molar-refractivity contribution in [2.75, 3.05) is 30.3 Å². The van der Waals surface area contributed by atoms with Gasteiger partial charge in [-0.25, -0.2) is 0 Å². The Bertz CT molecular complexity index is 499. The van der Waals surface area contributed by atoms with E-state index in [1.54, 1.807) is 0 Å². The summed E-state index contributed by atoms with van der Waals surface area (Å²) in [5.41, 5.74) is 14.1. The van der Waals surface area contributed by atoms with Crippen LogP contribution in [0.4, 0.5) is 11.4 Å². The normalized spacial score (nSPS) is 10.7. The van der Waals surface area contributed by atoms with Crippen LogP contribution in [0.2, 0.25) is 0 Å². The highest BCUT2D eigenvalue weighted by atomic mass is 32.3. The number of hydrogen-bond acceptors (Lipinski definition) is 6. The van der Waals surface area contributed by atoms with Crippen LogP contribution in [-0.4, -0.2) is 42.3 Å². The molecule has 0 atom stereocenters. The van der Waals surface area contributed by atoms with Gasteiger partial charge in [-0.05, 0) is 30.7 Å². The van der Waals surface area contributed by atoms with Crippen molar-refractivity contribution in [2.24, 2.45) is 5.73 Å². The molecule has 0 radical (unpaired) electrons. The van der Waals surface area contributed by atoms with Gasteiger partial charge >= 0.3 is 10.4 Å². The number of aliphatic hydroxyl groups is 1. The molecule has 9 heteroatoms. The van der Waals surface area contributed by atoms with Gasteiger partial charge in [0, 0.05) is 31.0 Å². The van der Waals surface area contributed by atoms with Crippen LogP contribution < -0.4 is 16.4 Å². The minimum Gasteiger partial charge on any atom is -0.398 e. The summed E-state index contributed by atoms with van der Waals surface area (Å²) in [5, 5.41) is 8.92. The maximum absolute atomic E-state index is 8.92. The van der Waals surface area contributed by atoms with Gasteiger partial charge in [-0.1, -0.05) is 0 Å².